The van der Waals surface area contributed by atoms with Crippen LogP contribution >= 0.6 is 0 Å². The number of ether oxygens (including phenoxy) is 2. The minimum atomic E-state index is -0.461. The Morgan fingerprint density at radius 2 is 2.03 bits per heavy atom. The molecule has 0 amide bonds. The van der Waals surface area contributed by atoms with Crippen LogP contribution in [0.5, 0.6) is 11.5 Å². The fourth-order valence-corrected chi connectivity index (χ4v) is 3.55. The molecule has 2 heterocycles. The van der Waals surface area contributed by atoms with Crippen LogP contribution in [0.15, 0.2) is 36.8 Å². The van der Waals surface area contributed by atoms with Gasteiger partial charge in [0.25, 0.3) is 0 Å². The van der Waals surface area contributed by atoms with Crippen LogP contribution in [0.2, 0.25) is 0 Å². The van der Waals surface area contributed by atoms with E-state index in [-0.39, 0.29) is 18.9 Å². The molecule has 0 unspecified atom stereocenters. The molecule has 0 fully saturated rings. The van der Waals surface area contributed by atoms with E-state index in [1.54, 1.807) is 29.2 Å². The molecule has 3 rings (SSSR count). The SMILES string of the molecule is COc1cc(Cc2cn(CO)c3ncc(/C(C=N)=C/NCCN(C)C)cc23)c(F)c(OC)c1. The van der Waals surface area contributed by atoms with Crippen LogP contribution in [0.1, 0.15) is 16.7 Å². The molecular weight excluding hydrogens is 425 g/mol. The number of aliphatic hydroxyl groups is 1. The zero-order chi connectivity index (χ0) is 24.0. The van der Waals surface area contributed by atoms with Crippen LogP contribution in [-0.2, 0) is 13.2 Å². The molecule has 0 atom stereocenters. The van der Waals surface area contributed by atoms with Gasteiger partial charge in [0.1, 0.15) is 18.1 Å². The van der Waals surface area contributed by atoms with Crippen molar-refractivity contribution >= 4 is 22.8 Å². The molecule has 0 aliphatic carbocycles. The molecule has 176 valence electrons. The van der Waals surface area contributed by atoms with Crippen LogP contribution in [0.25, 0.3) is 16.6 Å². The normalized spacial score (nSPS) is 11.8. The summed E-state index contributed by atoms with van der Waals surface area (Å²) >= 11 is 0. The first-order valence-corrected chi connectivity index (χ1v) is 10.5. The van der Waals surface area contributed by atoms with Crippen molar-refractivity contribution in [2.45, 2.75) is 13.2 Å². The molecule has 3 aromatic rings. The predicted octanol–water partition coefficient (Wildman–Crippen LogP) is 2.87. The first-order chi connectivity index (χ1) is 15.9. The fraction of sp³-hybridized carbons (Fsp3) is 0.333. The number of likely N-dealkylation sites (N-methyl/N-ethyl adjacent to an activating group) is 1. The number of allylic oxidation sites excluding steroid dienone is 1. The maximum absolute atomic E-state index is 15.0. The highest BCUT2D eigenvalue weighted by atomic mass is 19.1. The van der Waals surface area contributed by atoms with Crippen LogP contribution < -0.4 is 14.8 Å². The second-order valence-corrected chi connectivity index (χ2v) is 7.84. The number of hydrogen-bond acceptors (Lipinski definition) is 7. The predicted molar refractivity (Wildman–Crippen MR) is 128 cm³/mol. The highest BCUT2D eigenvalue weighted by molar-refractivity contribution is 6.09. The largest absolute Gasteiger partial charge is 0.497 e. The minimum absolute atomic E-state index is 0.104. The molecule has 8 nitrogen and oxygen atoms in total. The number of hydrogen-bond donors (Lipinski definition) is 3. The van der Waals surface area contributed by atoms with Crippen molar-refractivity contribution < 1.29 is 19.0 Å². The molecule has 2 aromatic heterocycles. The molecule has 0 radical (unpaired) electrons. The van der Waals surface area contributed by atoms with E-state index in [1.165, 1.54) is 26.5 Å². The molecule has 0 saturated heterocycles. The van der Waals surface area contributed by atoms with Crippen molar-refractivity contribution in [3.63, 3.8) is 0 Å². The lowest BCUT2D eigenvalue weighted by Gasteiger charge is -2.11. The average Bonchev–Trinajstić information content (AvgIpc) is 3.17. The number of aromatic nitrogens is 2. The minimum Gasteiger partial charge on any atom is -0.497 e. The summed E-state index contributed by atoms with van der Waals surface area (Å²) in [5.41, 5.74) is 3.18. The van der Waals surface area contributed by atoms with Crippen molar-refractivity contribution in [3.8, 4) is 11.5 Å². The molecule has 3 N–H and O–H groups in total. The van der Waals surface area contributed by atoms with Gasteiger partial charge < -0.3 is 34.8 Å². The summed E-state index contributed by atoms with van der Waals surface area (Å²) in [6.07, 6.45) is 6.72. The third kappa shape index (κ3) is 5.50. The van der Waals surface area contributed by atoms with E-state index < -0.39 is 5.82 Å². The van der Waals surface area contributed by atoms with Crippen LogP contribution in [0.4, 0.5) is 4.39 Å². The highest BCUT2D eigenvalue weighted by Gasteiger charge is 2.17. The van der Waals surface area contributed by atoms with Gasteiger partial charge in [-0.25, -0.2) is 9.37 Å². The summed E-state index contributed by atoms with van der Waals surface area (Å²) in [6.45, 7) is 1.34. The Labute approximate surface area is 192 Å². The van der Waals surface area contributed by atoms with Gasteiger partial charge in [0.05, 0.1) is 14.2 Å². The standard InChI is InChI=1S/C24H30FN5O3/c1-29(2)6-5-27-12-19(11-26)17-9-21-18(14-30(15-31)24(21)28-13-17)7-16-8-20(32-3)10-22(33-4)23(16)25/h8-14,26-27,31H,5-7,15H2,1-4H3/b19-12+,26-11?. The van der Waals surface area contributed by atoms with Crippen molar-refractivity contribution in [3.05, 3.63) is 59.3 Å². The number of nitrogens with one attached hydrogen (secondary N) is 2. The van der Waals surface area contributed by atoms with E-state index in [1.807, 2.05) is 20.2 Å². The molecule has 0 saturated carbocycles. The summed E-state index contributed by atoms with van der Waals surface area (Å²) in [5, 5.41) is 21.6. The van der Waals surface area contributed by atoms with Crippen molar-refractivity contribution in [2.24, 2.45) is 0 Å². The van der Waals surface area contributed by atoms with Gasteiger partial charge in [-0.2, -0.15) is 0 Å². The van der Waals surface area contributed by atoms with Gasteiger partial charge >= 0.3 is 0 Å². The summed E-state index contributed by atoms with van der Waals surface area (Å²) in [7, 11) is 6.92. The van der Waals surface area contributed by atoms with E-state index in [2.05, 4.69) is 15.2 Å². The van der Waals surface area contributed by atoms with Crippen LogP contribution in [-0.4, -0.2) is 67.2 Å². The molecule has 0 aliphatic heterocycles. The van der Waals surface area contributed by atoms with Crippen LogP contribution in [0, 0.1) is 11.2 Å². The first-order valence-electron chi connectivity index (χ1n) is 10.5. The molecule has 0 aliphatic rings. The van der Waals surface area contributed by atoms with Crippen molar-refractivity contribution in [1.29, 1.82) is 5.41 Å². The number of halogens is 1. The zero-order valence-electron chi connectivity index (χ0n) is 19.4. The van der Waals surface area contributed by atoms with E-state index in [0.29, 0.717) is 22.5 Å². The Hall–Kier alpha value is -3.43. The van der Waals surface area contributed by atoms with Gasteiger partial charge in [0.15, 0.2) is 11.6 Å². The number of aliphatic hydroxyl groups excluding tert-OH is 1. The highest BCUT2D eigenvalue weighted by Crippen LogP contribution is 2.31. The lowest BCUT2D eigenvalue weighted by molar-refractivity contribution is 0.214. The maximum Gasteiger partial charge on any atom is 0.168 e. The molecule has 1 aromatic carbocycles. The number of benzene rings is 1. The first kappa shape index (κ1) is 24.2. The summed E-state index contributed by atoms with van der Waals surface area (Å²) in [5.74, 6) is 0.134. The number of fused-ring (bicyclic) bond motifs is 1. The number of nitrogens with zero attached hydrogens (tertiary/aromatic N) is 3. The zero-order valence-corrected chi connectivity index (χ0v) is 19.4. The Morgan fingerprint density at radius 1 is 1.24 bits per heavy atom. The molecule has 0 spiro atoms. The van der Waals surface area contributed by atoms with Crippen molar-refractivity contribution in [2.75, 3.05) is 41.4 Å². The number of rotatable bonds is 11. The smallest absolute Gasteiger partial charge is 0.168 e. The molecule has 0 bridgehead atoms. The van der Waals surface area contributed by atoms with Gasteiger partial charge in [0, 0.05) is 66.9 Å². The molecule has 9 heteroatoms. The lowest BCUT2D eigenvalue weighted by Crippen LogP contribution is -2.23. The summed E-state index contributed by atoms with van der Waals surface area (Å²) in [6, 6.07) is 5.04. The molecule has 33 heavy (non-hydrogen) atoms. The Bertz CT molecular complexity index is 1160. The number of pyridine rings is 1. The fourth-order valence-electron chi connectivity index (χ4n) is 3.55. The second-order valence-electron chi connectivity index (χ2n) is 7.84. The second kappa shape index (κ2) is 10.9. The lowest BCUT2D eigenvalue weighted by atomic mass is 10.0. The topological polar surface area (TPSA) is 95.6 Å². The van der Waals surface area contributed by atoms with Gasteiger partial charge in [-0.1, -0.05) is 0 Å². The molecular formula is C24H30FN5O3. The summed E-state index contributed by atoms with van der Waals surface area (Å²) < 4.78 is 27.0. The average molecular weight is 456 g/mol. The maximum atomic E-state index is 15.0. The van der Waals surface area contributed by atoms with Gasteiger partial charge in [-0.05, 0) is 37.4 Å². The number of methoxy groups -OCH3 is 2. The van der Waals surface area contributed by atoms with E-state index in [9.17, 15) is 9.50 Å². The third-order valence-electron chi connectivity index (χ3n) is 5.32. The quantitative estimate of drug-likeness (QED) is 0.304. The van der Waals surface area contributed by atoms with Crippen molar-refractivity contribution in [1.82, 2.24) is 19.8 Å². The Balaban J connectivity index is 2.01. The Kier molecular flexibility index (Phi) is 8.02. The van der Waals surface area contributed by atoms with Gasteiger partial charge in [-0.3, -0.25) is 0 Å². The van der Waals surface area contributed by atoms with E-state index in [0.717, 1.165) is 29.6 Å². The van der Waals surface area contributed by atoms with Crippen LogP contribution in [0.3, 0.4) is 0 Å². The monoisotopic (exact) mass is 455 g/mol. The summed E-state index contributed by atoms with van der Waals surface area (Å²) in [4.78, 5) is 6.57. The van der Waals surface area contributed by atoms with E-state index in [4.69, 9.17) is 14.9 Å². The Morgan fingerprint density at radius 3 is 2.67 bits per heavy atom. The van der Waals surface area contributed by atoms with E-state index >= 15 is 0 Å². The third-order valence-corrected chi connectivity index (χ3v) is 5.32. The van der Waals surface area contributed by atoms with Gasteiger partial charge in [0.2, 0.25) is 0 Å². The van der Waals surface area contributed by atoms with Gasteiger partial charge in [-0.15, -0.1) is 0 Å².